The molecule has 1 N–H and O–H groups in total. The van der Waals surface area contributed by atoms with Crippen molar-refractivity contribution in [1.29, 1.82) is 0 Å². The molecular weight excluding hydrogens is 232 g/mol. The number of benzene rings is 1. The van der Waals surface area contributed by atoms with Gasteiger partial charge in [-0.25, -0.2) is 0 Å². The van der Waals surface area contributed by atoms with E-state index in [1.54, 1.807) is 0 Å². The van der Waals surface area contributed by atoms with Gasteiger partial charge in [-0.15, -0.1) is 0 Å². The molecule has 0 saturated heterocycles. The summed E-state index contributed by atoms with van der Waals surface area (Å²) in [6, 6.07) is 10.4. The van der Waals surface area contributed by atoms with E-state index < -0.39 is 0 Å². The van der Waals surface area contributed by atoms with Crippen LogP contribution in [-0.2, 0) is 0 Å². The lowest BCUT2D eigenvalue weighted by Crippen LogP contribution is -2.02. The van der Waals surface area contributed by atoms with E-state index in [9.17, 15) is 0 Å². The number of aromatic nitrogens is 1. The molecule has 0 aliphatic rings. The largest absolute Gasteiger partial charge is 0.384 e. The standard InChI is InChI=1S/C17H24N2/c1-2-3-4-5-6-9-13-18-17-12-14-19-16-11-8-7-10-15(16)17/h7-8,10-12,14H,2-6,9,13H2,1H3,(H,18,19). The number of rotatable bonds is 8. The van der Waals surface area contributed by atoms with Crippen molar-refractivity contribution in [2.45, 2.75) is 45.4 Å². The topological polar surface area (TPSA) is 24.9 Å². The van der Waals surface area contributed by atoms with Crippen LogP contribution in [-0.4, -0.2) is 11.5 Å². The van der Waals surface area contributed by atoms with Gasteiger partial charge in [-0.2, -0.15) is 0 Å². The van der Waals surface area contributed by atoms with Gasteiger partial charge >= 0.3 is 0 Å². The van der Waals surface area contributed by atoms with E-state index in [-0.39, 0.29) is 0 Å². The first kappa shape index (κ1) is 13.9. The van der Waals surface area contributed by atoms with Crippen molar-refractivity contribution < 1.29 is 0 Å². The Balaban J connectivity index is 1.78. The third-order valence-corrected chi connectivity index (χ3v) is 3.49. The summed E-state index contributed by atoms with van der Waals surface area (Å²) >= 11 is 0. The summed E-state index contributed by atoms with van der Waals surface area (Å²) in [5.74, 6) is 0. The van der Waals surface area contributed by atoms with E-state index in [2.05, 4.69) is 41.5 Å². The van der Waals surface area contributed by atoms with Crippen LogP contribution in [0.2, 0.25) is 0 Å². The highest BCUT2D eigenvalue weighted by molar-refractivity contribution is 5.90. The molecular formula is C17H24N2. The Morgan fingerprint density at radius 2 is 1.74 bits per heavy atom. The van der Waals surface area contributed by atoms with E-state index in [0.717, 1.165) is 12.1 Å². The predicted molar refractivity (Wildman–Crippen MR) is 83.6 cm³/mol. The molecule has 19 heavy (non-hydrogen) atoms. The quantitative estimate of drug-likeness (QED) is 0.672. The Morgan fingerprint density at radius 3 is 2.63 bits per heavy atom. The smallest absolute Gasteiger partial charge is 0.0722 e. The average molecular weight is 256 g/mol. The average Bonchev–Trinajstić information content (AvgIpc) is 2.46. The highest BCUT2D eigenvalue weighted by Gasteiger charge is 1.99. The first-order valence-corrected chi connectivity index (χ1v) is 7.49. The molecule has 0 spiro atoms. The second-order valence-corrected chi connectivity index (χ2v) is 5.07. The summed E-state index contributed by atoms with van der Waals surface area (Å²) in [5.41, 5.74) is 2.27. The molecule has 0 unspecified atom stereocenters. The van der Waals surface area contributed by atoms with Crippen molar-refractivity contribution in [3.8, 4) is 0 Å². The fraction of sp³-hybridized carbons (Fsp3) is 0.471. The van der Waals surface area contributed by atoms with Crippen LogP contribution in [0, 0.1) is 0 Å². The van der Waals surface area contributed by atoms with Gasteiger partial charge in [0, 0.05) is 23.8 Å². The molecule has 0 radical (unpaired) electrons. The molecule has 0 atom stereocenters. The molecule has 1 heterocycles. The zero-order valence-electron chi connectivity index (χ0n) is 11.9. The van der Waals surface area contributed by atoms with Gasteiger partial charge in [0.2, 0.25) is 0 Å². The van der Waals surface area contributed by atoms with Crippen molar-refractivity contribution in [1.82, 2.24) is 4.98 Å². The van der Waals surface area contributed by atoms with Gasteiger partial charge in [0.25, 0.3) is 0 Å². The zero-order valence-corrected chi connectivity index (χ0v) is 11.9. The van der Waals surface area contributed by atoms with E-state index >= 15 is 0 Å². The van der Waals surface area contributed by atoms with Crippen molar-refractivity contribution in [2.24, 2.45) is 0 Å². The Hall–Kier alpha value is -1.57. The van der Waals surface area contributed by atoms with E-state index in [4.69, 9.17) is 0 Å². The van der Waals surface area contributed by atoms with E-state index in [1.165, 1.54) is 49.6 Å². The lowest BCUT2D eigenvalue weighted by molar-refractivity contribution is 0.617. The Kier molecular flexibility index (Phi) is 5.67. The van der Waals surface area contributed by atoms with Gasteiger partial charge in [-0.3, -0.25) is 4.98 Å². The summed E-state index contributed by atoms with van der Waals surface area (Å²) < 4.78 is 0. The first-order chi connectivity index (χ1) is 9.42. The number of hydrogen-bond donors (Lipinski definition) is 1. The van der Waals surface area contributed by atoms with Gasteiger partial charge in [-0.05, 0) is 18.6 Å². The summed E-state index contributed by atoms with van der Waals surface area (Å²) in [4.78, 5) is 4.38. The Morgan fingerprint density at radius 1 is 0.947 bits per heavy atom. The molecule has 1 aromatic carbocycles. The maximum Gasteiger partial charge on any atom is 0.0722 e. The fourth-order valence-electron chi connectivity index (χ4n) is 2.38. The molecule has 0 amide bonds. The lowest BCUT2D eigenvalue weighted by atomic mass is 10.1. The molecule has 1 aromatic heterocycles. The second kappa shape index (κ2) is 7.78. The number of pyridine rings is 1. The van der Waals surface area contributed by atoms with Crippen LogP contribution < -0.4 is 5.32 Å². The Labute approximate surface area is 116 Å². The molecule has 2 heteroatoms. The molecule has 0 aliphatic carbocycles. The summed E-state index contributed by atoms with van der Waals surface area (Å²) in [7, 11) is 0. The number of fused-ring (bicyclic) bond motifs is 1. The monoisotopic (exact) mass is 256 g/mol. The number of nitrogens with zero attached hydrogens (tertiary/aromatic N) is 1. The first-order valence-electron chi connectivity index (χ1n) is 7.49. The summed E-state index contributed by atoms with van der Waals surface area (Å²) in [6.07, 6.45) is 9.91. The maximum absolute atomic E-state index is 4.38. The molecule has 2 aromatic rings. The van der Waals surface area contributed by atoms with Crippen LogP contribution in [0.5, 0.6) is 0 Å². The van der Waals surface area contributed by atoms with Gasteiger partial charge < -0.3 is 5.32 Å². The summed E-state index contributed by atoms with van der Waals surface area (Å²) in [5, 5.41) is 4.76. The molecule has 2 rings (SSSR count). The second-order valence-electron chi connectivity index (χ2n) is 5.07. The molecule has 102 valence electrons. The lowest BCUT2D eigenvalue weighted by Gasteiger charge is -2.09. The van der Waals surface area contributed by atoms with Crippen LogP contribution in [0.4, 0.5) is 5.69 Å². The zero-order chi connectivity index (χ0) is 13.3. The van der Waals surface area contributed by atoms with Gasteiger partial charge in [-0.1, -0.05) is 57.2 Å². The van der Waals surface area contributed by atoms with Crippen LogP contribution in [0.15, 0.2) is 36.5 Å². The van der Waals surface area contributed by atoms with E-state index in [1.807, 2.05) is 12.3 Å². The minimum Gasteiger partial charge on any atom is -0.384 e. The van der Waals surface area contributed by atoms with Crippen LogP contribution in [0.25, 0.3) is 10.9 Å². The number of nitrogens with one attached hydrogen (secondary N) is 1. The third kappa shape index (κ3) is 4.23. The fourth-order valence-corrected chi connectivity index (χ4v) is 2.38. The molecule has 0 aliphatic heterocycles. The van der Waals surface area contributed by atoms with Crippen LogP contribution in [0.3, 0.4) is 0 Å². The molecule has 0 saturated carbocycles. The summed E-state index contributed by atoms with van der Waals surface area (Å²) in [6.45, 7) is 3.32. The normalized spacial score (nSPS) is 10.8. The van der Waals surface area contributed by atoms with Gasteiger partial charge in [0.15, 0.2) is 0 Å². The van der Waals surface area contributed by atoms with Crippen LogP contribution >= 0.6 is 0 Å². The minimum absolute atomic E-state index is 1.06. The SMILES string of the molecule is CCCCCCCCNc1ccnc2ccccc12. The van der Waals surface area contributed by atoms with Gasteiger partial charge in [0.05, 0.1) is 5.52 Å². The van der Waals surface area contributed by atoms with Gasteiger partial charge in [0.1, 0.15) is 0 Å². The van der Waals surface area contributed by atoms with Crippen molar-refractivity contribution >= 4 is 16.6 Å². The number of hydrogen-bond acceptors (Lipinski definition) is 2. The number of unbranched alkanes of at least 4 members (excludes halogenated alkanes) is 5. The minimum atomic E-state index is 1.06. The Bertz CT molecular complexity index is 488. The molecule has 2 nitrogen and oxygen atoms in total. The number of para-hydroxylation sites is 1. The molecule has 0 fully saturated rings. The highest BCUT2D eigenvalue weighted by Crippen LogP contribution is 2.20. The number of anilines is 1. The third-order valence-electron chi connectivity index (χ3n) is 3.49. The van der Waals surface area contributed by atoms with Crippen molar-refractivity contribution in [3.05, 3.63) is 36.5 Å². The van der Waals surface area contributed by atoms with E-state index in [0.29, 0.717) is 0 Å². The molecule has 0 bridgehead atoms. The predicted octanol–water partition coefficient (Wildman–Crippen LogP) is 5.01. The van der Waals surface area contributed by atoms with Crippen LogP contribution in [0.1, 0.15) is 45.4 Å². The van der Waals surface area contributed by atoms with Crippen molar-refractivity contribution in [3.63, 3.8) is 0 Å². The van der Waals surface area contributed by atoms with Crippen molar-refractivity contribution in [2.75, 3.05) is 11.9 Å². The maximum atomic E-state index is 4.38. The highest BCUT2D eigenvalue weighted by atomic mass is 14.9.